The first kappa shape index (κ1) is 24.5. The van der Waals surface area contributed by atoms with Crippen LogP contribution in [0.15, 0.2) is 47.5 Å². The van der Waals surface area contributed by atoms with Crippen LogP contribution in [0.25, 0.3) is 0 Å². The second-order valence-electron chi connectivity index (χ2n) is 7.68. The largest absolute Gasteiger partial charge is 0.497 e. The van der Waals surface area contributed by atoms with Gasteiger partial charge in [0, 0.05) is 6.21 Å². The van der Waals surface area contributed by atoms with E-state index in [0.29, 0.717) is 11.3 Å². The molecule has 1 fully saturated rings. The summed E-state index contributed by atoms with van der Waals surface area (Å²) in [5, 5.41) is -2.04. The van der Waals surface area contributed by atoms with E-state index in [1.165, 1.54) is 25.5 Å². The molecule has 2 aliphatic heterocycles. The zero-order chi connectivity index (χ0) is 24.7. The van der Waals surface area contributed by atoms with Crippen LogP contribution in [0.1, 0.15) is 19.4 Å². The van der Waals surface area contributed by atoms with Gasteiger partial charge in [0.25, 0.3) is 0 Å². The Morgan fingerprint density at radius 3 is 2.29 bits per heavy atom. The molecule has 4 rings (SSSR count). The lowest BCUT2D eigenvalue weighted by Gasteiger charge is -2.37. The molecular formula is C23H23ClFN2O6P. The van der Waals surface area contributed by atoms with Crippen LogP contribution >= 0.6 is 19.2 Å². The first-order valence-corrected chi connectivity index (χ1v) is 12.6. The third kappa shape index (κ3) is 3.58. The topological polar surface area (TPSA) is 94.5 Å². The average Bonchev–Trinajstić information content (AvgIpc) is 3.34. The normalized spacial score (nSPS) is 24.1. The van der Waals surface area contributed by atoms with Crippen LogP contribution in [0, 0.1) is 17.7 Å². The molecule has 2 amide bonds. The third-order valence-electron chi connectivity index (χ3n) is 5.91. The van der Waals surface area contributed by atoms with Gasteiger partial charge in [0.15, 0.2) is 5.28 Å². The first-order valence-electron chi connectivity index (χ1n) is 10.7. The highest BCUT2D eigenvalue weighted by molar-refractivity contribution is 7.55. The molecule has 2 aromatic rings. The van der Waals surface area contributed by atoms with Gasteiger partial charge in [-0.1, -0.05) is 23.7 Å². The maximum atomic E-state index is 14.3. The van der Waals surface area contributed by atoms with E-state index in [0.717, 1.165) is 11.0 Å². The predicted octanol–water partition coefficient (Wildman–Crippen LogP) is 4.80. The van der Waals surface area contributed by atoms with Crippen molar-refractivity contribution in [3.8, 4) is 5.75 Å². The van der Waals surface area contributed by atoms with E-state index in [1.807, 2.05) is 0 Å². The molecule has 3 atom stereocenters. The minimum Gasteiger partial charge on any atom is -0.497 e. The second kappa shape index (κ2) is 9.23. The van der Waals surface area contributed by atoms with Gasteiger partial charge in [0.05, 0.1) is 42.9 Å². The molecule has 0 spiro atoms. The number of amides is 2. The Morgan fingerprint density at radius 2 is 1.74 bits per heavy atom. The highest BCUT2D eigenvalue weighted by atomic mass is 35.5. The Labute approximate surface area is 201 Å². The number of hydrogen-bond donors (Lipinski definition) is 0. The lowest BCUT2D eigenvalue weighted by atomic mass is 9.87. The fourth-order valence-electron chi connectivity index (χ4n) is 4.48. The van der Waals surface area contributed by atoms with Gasteiger partial charge in [-0.05, 0) is 49.7 Å². The van der Waals surface area contributed by atoms with Crippen molar-refractivity contribution in [1.82, 2.24) is 0 Å². The molecule has 0 saturated carbocycles. The number of halogens is 2. The van der Waals surface area contributed by atoms with Crippen LogP contribution in [0.4, 0.5) is 10.1 Å². The number of fused-ring (bicyclic) bond motifs is 1. The summed E-state index contributed by atoms with van der Waals surface area (Å²) in [6.45, 7) is 3.36. The Balaban J connectivity index is 1.90. The standard InChI is InChI=1S/C23H23ClFN2O6P/c1-4-32-34(30,33-5-2)23(14-6-9-16(31-3)10-7-14)20-17(13-26-23)21(28)27(22(20)29)15-8-11-19(25)18(24)12-15/h6-13,17,20H,4-5H2,1-3H3. The number of hydrogen-bond acceptors (Lipinski definition) is 7. The second-order valence-corrected chi connectivity index (χ2v) is 10.3. The lowest BCUT2D eigenvalue weighted by molar-refractivity contribution is -0.123. The number of ether oxygens (including phenoxy) is 1. The van der Waals surface area contributed by atoms with Crippen molar-refractivity contribution in [2.45, 2.75) is 19.1 Å². The summed E-state index contributed by atoms with van der Waals surface area (Å²) in [5.74, 6) is -3.62. The van der Waals surface area contributed by atoms with Gasteiger partial charge in [0.2, 0.25) is 11.8 Å². The van der Waals surface area contributed by atoms with E-state index in [1.54, 1.807) is 38.1 Å². The molecule has 0 aliphatic carbocycles. The quantitative estimate of drug-likeness (QED) is 0.375. The van der Waals surface area contributed by atoms with Gasteiger partial charge >= 0.3 is 7.60 Å². The van der Waals surface area contributed by atoms with Crippen LogP contribution in [-0.4, -0.2) is 38.4 Å². The Morgan fingerprint density at radius 1 is 1.09 bits per heavy atom. The molecule has 0 N–H and O–H groups in total. The van der Waals surface area contributed by atoms with Crippen molar-refractivity contribution in [3.05, 3.63) is 58.9 Å². The molecule has 2 heterocycles. The predicted molar refractivity (Wildman–Crippen MR) is 125 cm³/mol. The molecule has 0 aromatic heterocycles. The van der Waals surface area contributed by atoms with Crippen LogP contribution < -0.4 is 9.64 Å². The molecule has 1 saturated heterocycles. The molecule has 2 aliphatic rings. The SMILES string of the molecule is CCOP(=O)(OCC)C1(c2ccc(OC)cc2)N=CC2C(=O)N(c3ccc(F)c(Cl)c3)C(=O)C21. The Kier molecular flexibility index (Phi) is 6.66. The summed E-state index contributed by atoms with van der Waals surface area (Å²) in [4.78, 5) is 32.6. The van der Waals surface area contributed by atoms with Crippen molar-refractivity contribution in [1.29, 1.82) is 0 Å². The Bertz CT molecular complexity index is 1200. The molecule has 8 nitrogen and oxygen atoms in total. The summed E-state index contributed by atoms with van der Waals surface area (Å²) in [6.07, 6.45) is 1.32. The van der Waals surface area contributed by atoms with Crippen molar-refractivity contribution >= 4 is 42.9 Å². The smallest absolute Gasteiger partial charge is 0.363 e. The number of nitrogens with zero attached hydrogens (tertiary/aromatic N) is 2. The number of anilines is 1. The monoisotopic (exact) mass is 508 g/mol. The Hall–Kier alpha value is -2.58. The number of aliphatic imine (C=N–C) groups is 1. The third-order valence-corrected chi connectivity index (χ3v) is 8.88. The molecule has 3 unspecified atom stereocenters. The molecule has 0 radical (unpaired) electrons. The fraction of sp³-hybridized carbons (Fsp3) is 0.348. The van der Waals surface area contributed by atoms with E-state index in [2.05, 4.69) is 4.99 Å². The van der Waals surface area contributed by atoms with Crippen LogP contribution in [-0.2, 0) is 28.5 Å². The summed E-state index contributed by atoms with van der Waals surface area (Å²) in [6, 6.07) is 10.1. The molecular weight excluding hydrogens is 486 g/mol. The fourth-order valence-corrected chi connectivity index (χ4v) is 7.09. The summed E-state index contributed by atoms with van der Waals surface area (Å²) in [5.41, 5.74) is 0.484. The van der Waals surface area contributed by atoms with Crippen molar-refractivity contribution in [2.75, 3.05) is 25.2 Å². The van der Waals surface area contributed by atoms with Crippen molar-refractivity contribution in [3.63, 3.8) is 0 Å². The number of carbonyl (C=O) groups excluding carboxylic acids is 2. The minimum absolute atomic E-state index is 0.0293. The van der Waals surface area contributed by atoms with Crippen molar-refractivity contribution in [2.24, 2.45) is 16.8 Å². The molecule has 0 bridgehead atoms. The van der Waals surface area contributed by atoms with Crippen LogP contribution in [0.3, 0.4) is 0 Å². The van der Waals surface area contributed by atoms with Crippen LogP contribution in [0.5, 0.6) is 5.75 Å². The summed E-state index contributed by atoms with van der Waals surface area (Å²) < 4.78 is 44.6. The molecule has 2 aromatic carbocycles. The molecule has 34 heavy (non-hydrogen) atoms. The van der Waals surface area contributed by atoms with Gasteiger partial charge < -0.3 is 13.8 Å². The number of benzene rings is 2. The highest BCUT2D eigenvalue weighted by Crippen LogP contribution is 2.72. The van der Waals surface area contributed by atoms with Gasteiger partial charge in [-0.15, -0.1) is 0 Å². The van der Waals surface area contributed by atoms with E-state index in [-0.39, 0.29) is 23.9 Å². The maximum absolute atomic E-state index is 14.3. The van der Waals surface area contributed by atoms with E-state index < -0.39 is 42.3 Å². The highest BCUT2D eigenvalue weighted by Gasteiger charge is 2.69. The van der Waals surface area contributed by atoms with Gasteiger partial charge in [-0.2, -0.15) is 0 Å². The summed E-state index contributed by atoms with van der Waals surface area (Å²) >= 11 is 5.90. The molecule has 180 valence electrons. The number of carbonyl (C=O) groups is 2. The van der Waals surface area contributed by atoms with Gasteiger partial charge in [-0.3, -0.25) is 19.1 Å². The molecule has 11 heteroatoms. The number of imide groups is 1. The zero-order valence-electron chi connectivity index (χ0n) is 18.7. The van der Waals surface area contributed by atoms with E-state index in [9.17, 15) is 18.5 Å². The zero-order valence-corrected chi connectivity index (χ0v) is 20.4. The lowest BCUT2D eigenvalue weighted by Crippen LogP contribution is -2.40. The first-order chi connectivity index (χ1) is 16.2. The number of methoxy groups -OCH3 is 1. The van der Waals surface area contributed by atoms with E-state index in [4.69, 9.17) is 25.4 Å². The van der Waals surface area contributed by atoms with E-state index >= 15 is 0 Å². The minimum atomic E-state index is -4.14. The van der Waals surface area contributed by atoms with Crippen LogP contribution in [0.2, 0.25) is 5.02 Å². The number of rotatable bonds is 8. The van der Waals surface area contributed by atoms with Gasteiger partial charge in [0.1, 0.15) is 11.6 Å². The average molecular weight is 509 g/mol. The van der Waals surface area contributed by atoms with Gasteiger partial charge in [-0.25, -0.2) is 9.29 Å². The van der Waals surface area contributed by atoms with Crippen molar-refractivity contribution < 1.29 is 32.3 Å². The summed E-state index contributed by atoms with van der Waals surface area (Å²) in [7, 11) is -2.63. The maximum Gasteiger partial charge on any atom is 0.363 e.